The van der Waals surface area contributed by atoms with Crippen LogP contribution in [-0.2, 0) is 6.42 Å². The maximum absolute atomic E-state index is 8.49. The number of ether oxygens (including phenoxy) is 1. The molecule has 0 aromatic heterocycles. The number of amidine groups is 1. The molecule has 2 heterocycles. The number of aliphatic imine (C=N–C) groups is 1. The van der Waals surface area contributed by atoms with Gasteiger partial charge in [0.25, 0.3) is 0 Å². The highest BCUT2D eigenvalue weighted by Gasteiger charge is 2.43. The Balaban J connectivity index is 1.95. The fourth-order valence-electron chi connectivity index (χ4n) is 2.67. The summed E-state index contributed by atoms with van der Waals surface area (Å²) in [5.41, 5.74) is 9.80. The second-order valence-corrected chi connectivity index (χ2v) is 4.77. The summed E-state index contributed by atoms with van der Waals surface area (Å²) in [4.78, 5) is 7.31. The third-order valence-electron chi connectivity index (χ3n) is 3.66. The van der Waals surface area contributed by atoms with E-state index in [9.17, 15) is 0 Å². The van der Waals surface area contributed by atoms with Crippen molar-refractivity contribution >= 4 is 11.5 Å². The van der Waals surface area contributed by atoms with Crippen LogP contribution in [0.3, 0.4) is 0 Å². The van der Waals surface area contributed by atoms with Crippen LogP contribution in [0.5, 0.6) is 5.75 Å². The highest BCUT2D eigenvalue weighted by Crippen LogP contribution is 2.39. The molecule has 0 amide bonds. The molecule has 0 aliphatic carbocycles. The number of fused-ring (bicyclic) bond motifs is 1. The first kappa shape index (κ1) is 11.9. The van der Waals surface area contributed by atoms with Crippen molar-refractivity contribution in [2.24, 2.45) is 10.1 Å². The quantitative estimate of drug-likeness (QED) is 0.513. The van der Waals surface area contributed by atoms with Gasteiger partial charge in [0.05, 0.1) is 6.54 Å². The van der Waals surface area contributed by atoms with Gasteiger partial charge in [-0.1, -0.05) is 12.0 Å². The minimum Gasteiger partial charge on any atom is -0.479 e. The maximum atomic E-state index is 8.49. The van der Waals surface area contributed by atoms with Gasteiger partial charge < -0.3 is 10.1 Å². The Morgan fingerprint density at radius 1 is 1.58 bits per heavy atom. The highest BCUT2D eigenvalue weighted by atomic mass is 16.5. The number of hydrogen-bond acceptors (Lipinski definition) is 4. The SMILES string of the molecule is CCC1(C2=NCCN2)Cc2cc(N=[N+]=[N-])ccc2O1. The third kappa shape index (κ3) is 1.90. The van der Waals surface area contributed by atoms with E-state index in [0.29, 0.717) is 5.69 Å². The molecule has 1 aromatic carbocycles. The number of nitrogens with one attached hydrogen (secondary N) is 1. The third-order valence-corrected chi connectivity index (χ3v) is 3.66. The number of benzene rings is 1. The predicted octanol–water partition coefficient (Wildman–Crippen LogP) is 2.71. The van der Waals surface area contributed by atoms with Crippen LogP contribution in [0.1, 0.15) is 18.9 Å². The van der Waals surface area contributed by atoms with E-state index < -0.39 is 0 Å². The van der Waals surface area contributed by atoms with Crippen molar-refractivity contribution in [3.63, 3.8) is 0 Å². The maximum Gasteiger partial charge on any atom is 0.169 e. The minimum absolute atomic E-state index is 0.381. The molecule has 1 N–H and O–H groups in total. The van der Waals surface area contributed by atoms with Crippen LogP contribution in [0.15, 0.2) is 28.3 Å². The topological polar surface area (TPSA) is 82.4 Å². The normalized spacial score (nSPS) is 23.9. The molecule has 6 heteroatoms. The average molecular weight is 257 g/mol. The van der Waals surface area contributed by atoms with E-state index in [1.807, 2.05) is 12.1 Å². The summed E-state index contributed by atoms with van der Waals surface area (Å²) >= 11 is 0. The summed E-state index contributed by atoms with van der Waals surface area (Å²) in [5, 5.41) is 6.94. The summed E-state index contributed by atoms with van der Waals surface area (Å²) in [5.74, 6) is 1.80. The number of rotatable bonds is 3. The van der Waals surface area contributed by atoms with Crippen LogP contribution in [0.2, 0.25) is 0 Å². The Labute approximate surface area is 111 Å². The zero-order valence-electron chi connectivity index (χ0n) is 10.8. The summed E-state index contributed by atoms with van der Waals surface area (Å²) in [6.07, 6.45) is 1.61. The van der Waals surface area contributed by atoms with Crippen molar-refractivity contribution in [3.8, 4) is 5.75 Å². The first-order chi connectivity index (χ1) is 9.27. The molecule has 2 aliphatic rings. The lowest BCUT2D eigenvalue weighted by Crippen LogP contribution is -2.48. The Hall–Kier alpha value is -2.20. The molecule has 0 radical (unpaired) electrons. The first-order valence-electron chi connectivity index (χ1n) is 6.43. The molecule has 3 rings (SSSR count). The number of azide groups is 1. The summed E-state index contributed by atoms with van der Waals surface area (Å²) in [7, 11) is 0. The molecule has 1 aromatic rings. The summed E-state index contributed by atoms with van der Waals surface area (Å²) in [6.45, 7) is 3.78. The average Bonchev–Trinajstić information content (AvgIpc) is 3.06. The molecule has 0 bridgehead atoms. The largest absolute Gasteiger partial charge is 0.479 e. The molecule has 19 heavy (non-hydrogen) atoms. The van der Waals surface area contributed by atoms with Gasteiger partial charge in [-0.2, -0.15) is 0 Å². The van der Waals surface area contributed by atoms with Crippen molar-refractivity contribution in [2.45, 2.75) is 25.4 Å². The molecule has 1 atom stereocenters. The van der Waals surface area contributed by atoms with E-state index in [0.717, 1.165) is 43.1 Å². The molecule has 6 nitrogen and oxygen atoms in total. The van der Waals surface area contributed by atoms with Crippen molar-refractivity contribution in [1.29, 1.82) is 0 Å². The summed E-state index contributed by atoms with van der Waals surface area (Å²) < 4.78 is 6.13. The second kappa shape index (κ2) is 4.48. The Kier molecular flexibility index (Phi) is 2.80. The molecular weight excluding hydrogens is 242 g/mol. The van der Waals surface area contributed by atoms with Gasteiger partial charge in [-0.05, 0) is 35.7 Å². The lowest BCUT2D eigenvalue weighted by atomic mass is 9.93. The van der Waals surface area contributed by atoms with E-state index in [-0.39, 0.29) is 5.60 Å². The van der Waals surface area contributed by atoms with Gasteiger partial charge in [0, 0.05) is 23.6 Å². The van der Waals surface area contributed by atoms with Gasteiger partial charge in [0.2, 0.25) is 0 Å². The van der Waals surface area contributed by atoms with Gasteiger partial charge in [0.1, 0.15) is 11.6 Å². The Morgan fingerprint density at radius 2 is 2.47 bits per heavy atom. The number of hydrogen-bond donors (Lipinski definition) is 1. The molecular formula is C13H15N5O. The second-order valence-electron chi connectivity index (χ2n) is 4.77. The minimum atomic E-state index is -0.381. The van der Waals surface area contributed by atoms with Gasteiger partial charge in [-0.25, -0.2) is 0 Å². The summed E-state index contributed by atoms with van der Waals surface area (Å²) in [6, 6.07) is 5.53. The molecule has 0 saturated heterocycles. The van der Waals surface area contributed by atoms with E-state index >= 15 is 0 Å². The van der Waals surface area contributed by atoms with Crippen LogP contribution in [-0.4, -0.2) is 24.5 Å². The van der Waals surface area contributed by atoms with Crippen molar-refractivity contribution in [3.05, 3.63) is 34.2 Å². The molecule has 1 unspecified atom stereocenters. The predicted molar refractivity (Wildman–Crippen MR) is 72.9 cm³/mol. The Morgan fingerprint density at radius 3 is 3.16 bits per heavy atom. The van der Waals surface area contributed by atoms with Crippen molar-refractivity contribution in [1.82, 2.24) is 5.32 Å². The smallest absolute Gasteiger partial charge is 0.169 e. The van der Waals surface area contributed by atoms with Crippen molar-refractivity contribution in [2.75, 3.05) is 13.1 Å². The molecule has 0 saturated carbocycles. The number of nitrogens with zero attached hydrogens (tertiary/aromatic N) is 4. The fraction of sp³-hybridized carbons (Fsp3) is 0.462. The van der Waals surface area contributed by atoms with Crippen LogP contribution < -0.4 is 10.1 Å². The zero-order valence-corrected chi connectivity index (χ0v) is 10.8. The molecule has 0 fully saturated rings. The van der Waals surface area contributed by atoms with Gasteiger partial charge >= 0.3 is 0 Å². The van der Waals surface area contributed by atoms with Crippen LogP contribution >= 0.6 is 0 Å². The van der Waals surface area contributed by atoms with Gasteiger partial charge in [0.15, 0.2) is 5.60 Å². The standard InChI is InChI=1S/C13H15N5O/c1-2-13(12-15-5-6-16-12)8-9-7-10(17-18-14)3-4-11(9)19-13/h3-4,7H,2,5-6,8H2,1H3,(H,15,16). The van der Waals surface area contributed by atoms with E-state index in [1.165, 1.54) is 0 Å². The lowest BCUT2D eigenvalue weighted by molar-refractivity contribution is 0.162. The van der Waals surface area contributed by atoms with Crippen LogP contribution in [0, 0.1) is 0 Å². The fourth-order valence-corrected chi connectivity index (χ4v) is 2.67. The van der Waals surface area contributed by atoms with E-state index in [4.69, 9.17) is 10.3 Å². The monoisotopic (exact) mass is 257 g/mol. The molecule has 0 spiro atoms. The first-order valence-corrected chi connectivity index (χ1v) is 6.43. The molecule has 2 aliphatic heterocycles. The Bertz CT molecular complexity index is 591. The lowest BCUT2D eigenvalue weighted by Gasteiger charge is -2.27. The zero-order chi connectivity index (χ0) is 13.3. The van der Waals surface area contributed by atoms with Crippen LogP contribution in [0.25, 0.3) is 10.4 Å². The van der Waals surface area contributed by atoms with Crippen molar-refractivity contribution < 1.29 is 4.74 Å². The van der Waals surface area contributed by atoms with E-state index in [2.05, 4.69) is 27.3 Å². The van der Waals surface area contributed by atoms with Gasteiger partial charge in [-0.15, -0.1) is 0 Å². The van der Waals surface area contributed by atoms with Crippen LogP contribution in [0.4, 0.5) is 5.69 Å². The van der Waals surface area contributed by atoms with Gasteiger partial charge in [-0.3, -0.25) is 4.99 Å². The highest BCUT2D eigenvalue weighted by molar-refractivity contribution is 5.93. The van der Waals surface area contributed by atoms with E-state index in [1.54, 1.807) is 6.07 Å². The molecule has 98 valence electrons.